The molecule has 1 heterocycles. The molecule has 1 aromatic heterocycles. The fraction of sp³-hybridized carbons (Fsp3) is 0.400. The summed E-state index contributed by atoms with van der Waals surface area (Å²) in [6.45, 7) is 7.21. The first kappa shape index (κ1) is 16.0. The summed E-state index contributed by atoms with van der Waals surface area (Å²) in [6.07, 6.45) is 0. The third kappa shape index (κ3) is 3.62. The molecule has 2 rings (SSSR count). The van der Waals surface area contributed by atoms with E-state index in [1.807, 2.05) is 6.07 Å². The number of aromatic nitrogens is 2. The average molecular weight is 304 g/mol. The number of hydrogen-bond acceptors (Lipinski definition) is 5. The van der Waals surface area contributed by atoms with Crippen LogP contribution in [0.1, 0.15) is 24.3 Å². The van der Waals surface area contributed by atoms with E-state index in [0.29, 0.717) is 12.1 Å². The van der Waals surface area contributed by atoms with Gasteiger partial charge in [0.05, 0.1) is 5.16 Å². The van der Waals surface area contributed by atoms with Crippen LogP contribution in [0.25, 0.3) is 11.3 Å². The Morgan fingerprint density at radius 3 is 2.64 bits per heavy atom. The van der Waals surface area contributed by atoms with E-state index in [-0.39, 0.29) is 16.3 Å². The molecule has 118 valence electrons. The van der Waals surface area contributed by atoms with Gasteiger partial charge in [-0.15, -0.1) is 0 Å². The SMILES string of the molecule is CCN(CC)CCNC(=O)c1no[n+]([O-])c1-c1ccccc1. The van der Waals surface area contributed by atoms with E-state index in [2.05, 4.69) is 33.8 Å². The maximum Gasteiger partial charge on any atom is 0.313 e. The standard InChI is InChI=1S/C15H20N4O3/c1-3-18(4-2)11-10-16-15(20)13-14(19(21)22-17-13)12-8-6-5-7-9-12/h5-9H,3-4,10-11H2,1-2H3,(H,16,20). The first-order chi connectivity index (χ1) is 10.7. The van der Waals surface area contributed by atoms with Crippen molar-refractivity contribution in [2.75, 3.05) is 26.2 Å². The van der Waals surface area contributed by atoms with Gasteiger partial charge in [0, 0.05) is 18.7 Å². The number of carbonyl (C=O) groups is 1. The summed E-state index contributed by atoms with van der Waals surface area (Å²) in [6, 6.07) is 8.85. The van der Waals surface area contributed by atoms with Crippen molar-refractivity contribution in [3.63, 3.8) is 0 Å². The predicted molar refractivity (Wildman–Crippen MR) is 81.0 cm³/mol. The van der Waals surface area contributed by atoms with Crippen molar-refractivity contribution in [2.24, 2.45) is 0 Å². The molecule has 0 aliphatic rings. The molecule has 1 amide bonds. The molecule has 7 nitrogen and oxygen atoms in total. The fourth-order valence-electron chi connectivity index (χ4n) is 2.19. The van der Waals surface area contributed by atoms with Gasteiger partial charge in [0.15, 0.2) is 0 Å². The van der Waals surface area contributed by atoms with E-state index in [0.717, 1.165) is 19.6 Å². The number of hydrogen-bond donors (Lipinski definition) is 1. The second-order valence-corrected chi connectivity index (χ2v) is 4.78. The summed E-state index contributed by atoms with van der Waals surface area (Å²) in [5, 5.41) is 18.1. The predicted octanol–water partition coefficient (Wildman–Crippen LogP) is 1.05. The van der Waals surface area contributed by atoms with Gasteiger partial charge >= 0.3 is 11.6 Å². The molecule has 0 unspecified atom stereocenters. The molecule has 7 heteroatoms. The summed E-state index contributed by atoms with van der Waals surface area (Å²) in [5.41, 5.74) is 0.717. The Labute approximate surface area is 129 Å². The van der Waals surface area contributed by atoms with Crippen molar-refractivity contribution in [1.82, 2.24) is 15.4 Å². The maximum absolute atomic E-state index is 12.2. The van der Waals surface area contributed by atoms with Gasteiger partial charge in [0.1, 0.15) is 0 Å². The molecule has 0 atom stereocenters. The Morgan fingerprint density at radius 2 is 2.00 bits per heavy atom. The number of benzene rings is 1. The average Bonchev–Trinajstić information content (AvgIpc) is 2.94. The van der Waals surface area contributed by atoms with Gasteiger partial charge < -0.3 is 15.4 Å². The zero-order chi connectivity index (χ0) is 15.9. The quantitative estimate of drug-likeness (QED) is 0.773. The van der Waals surface area contributed by atoms with Gasteiger partial charge in [-0.05, 0) is 18.0 Å². The van der Waals surface area contributed by atoms with Crippen LogP contribution < -0.4 is 10.2 Å². The van der Waals surface area contributed by atoms with Gasteiger partial charge in [0.2, 0.25) is 5.69 Å². The van der Waals surface area contributed by atoms with E-state index >= 15 is 0 Å². The topological polar surface area (TPSA) is 85.3 Å². The number of nitrogens with zero attached hydrogens (tertiary/aromatic N) is 3. The lowest BCUT2D eigenvalue weighted by Crippen LogP contribution is -2.35. The Hall–Kier alpha value is -2.41. The maximum atomic E-state index is 12.2. The van der Waals surface area contributed by atoms with Crippen LogP contribution in [0, 0.1) is 5.21 Å². The van der Waals surface area contributed by atoms with Crippen molar-refractivity contribution in [3.8, 4) is 11.3 Å². The number of amides is 1. The van der Waals surface area contributed by atoms with Crippen LogP contribution in [0.15, 0.2) is 35.0 Å². The lowest BCUT2D eigenvalue weighted by atomic mass is 10.1. The third-order valence-electron chi connectivity index (χ3n) is 3.48. The first-order valence-corrected chi connectivity index (χ1v) is 7.33. The molecule has 0 fully saturated rings. The van der Waals surface area contributed by atoms with Gasteiger partial charge in [-0.25, -0.2) is 0 Å². The van der Waals surface area contributed by atoms with Crippen LogP contribution in [0.3, 0.4) is 0 Å². The number of carbonyl (C=O) groups excluding carboxylic acids is 1. The van der Waals surface area contributed by atoms with Gasteiger partial charge in [0.25, 0.3) is 0 Å². The second kappa shape index (κ2) is 7.56. The minimum absolute atomic E-state index is 0.000692. The second-order valence-electron chi connectivity index (χ2n) is 4.78. The van der Waals surface area contributed by atoms with E-state index < -0.39 is 5.91 Å². The lowest BCUT2D eigenvalue weighted by molar-refractivity contribution is -0.793. The molecule has 0 aliphatic carbocycles. The molecule has 1 N–H and O–H groups in total. The number of likely N-dealkylation sites (N-methyl/N-ethyl adjacent to an activating group) is 1. The van der Waals surface area contributed by atoms with E-state index in [1.165, 1.54) is 0 Å². The summed E-state index contributed by atoms with van der Waals surface area (Å²) >= 11 is 0. The van der Waals surface area contributed by atoms with Crippen LogP contribution in [0.5, 0.6) is 0 Å². The summed E-state index contributed by atoms with van der Waals surface area (Å²) < 4.78 is 4.58. The highest BCUT2D eigenvalue weighted by Gasteiger charge is 2.27. The molecule has 0 spiro atoms. The molecular weight excluding hydrogens is 284 g/mol. The van der Waals surface area contributed by atoms with Crippen molar-refractivity contribution in [1.29, 1.82) is 0 Å². The monoisotopic (exact) mass is 304 g/mol. The molecule has 2 aromatic rings. The Morgan fingerprint density at radius 1 is 1.32 bits per heavy atom. The fourth-order valence-corrected chi connectivity index (χ4v) is 2.19. The highest BCUT2D eigenvalue weighted by Crippen LogP contribution is 2.18. The normalized spacial score (nSPS) is 10.9. The molecule has 1 aromatic carbocycles. The Bertz CT molecular complexity index is 609. The molecule has 0 saturated heterocycles. The highest BCUT2D eigenvalue weighted by molar-refractivity contribution is 5.97. The Kier molecular flexibility index (Phi) is 5.48. The molecule has 0 aliphatic heterocycles. The van der Waals surface area contributed by atoms with E-state index in [1.54, 1.807) is 24.3 Å². The van der Waals surface area contributed by atoms with Crippen molar-refractivity contribution < 1.29 is 14.3 Å². The minimum Gasteiger partial charge on any atom is -0.359 e. The summed E-state index contributed by atoms with van der Waals surface area (Å²) in [7, 11) is 0. The highest BCUT2D eigenvalue weighted by atomic mass is 16.8. The molecule has 0 bridgehead atoms. The van der Waals surface area contributed by atoms with Crippen LogP contribution in [0.4, 0.5) is 0 Å². The van der Waals surface area contributed by atoms with Crippen LogP contribution in [-0.2, 0) is 0 Å². The zero-order valence-electron chi connectivity index (χ0n) is 12.8. The molecule has 0 radical (unpaired) electrons. The smallest absolute Gasteiger partial charge is 0.313 e. The number of nitrogens with one attached hydrogen (secondary N) is 1. The summed E-state index contributed by atoms with van der Waals surface area (Å²) in [5.74, 6) is -0.413. The van der Waals surface area contributed by atoms with E-state index in [9.17, 15) is 10.0 Å². The molecular formula is C15H20N4O3. The van der Waals surface area contributed by atoms with Gasteiger partial charge in [-0.2, -0.15) is 0 Å². The third-order valence-corrected chi connectivity index (χ3v) is 3.48. The largest absolute Gasteiger partial charge is 0.359 e. The van der Waals surface area contributed by atoms with Crippen LogP contribution >= 0.6 is 0 Å². The zero-order valence-corrected chi connectivity index (χ0v) is 12.8. The molecule has 0 saturated carbocycles. The minimum atomic E-state index is -0.413. The van der Waals surface area contributed by atoms with Crippen LogP contribution in [-0.4, -0.2) is 42.1 Å². The van der Waals surface area contributed by atoms with Gasteiger partial charge in [-0.3, -0.25) is 9.42 Å². The van der Waals surface area contributed by atoms with Crippen LogP contribution in [0.2, 0.25) is 0 Å². The van der Waals surface area contributed by atoms with E-state index in [4.69, 9.17) is 0 Å². The Balaban J connectivity index is 2.08. The van der Waals surface area contributed by atoms with Gasteiger partial charge in [-0.1, -0.05) is 44.2 Å². The molecule has 22 heavy (non-hydrogen) atoms. The lowest BCUT2D eigenvalue weighted by Gasteiger charge is -2.17. The first-order valence-electron chi connectivity index (χ1n) is 7.33. The number of rotatable bonds is 7. The van der Waals surface area contributed by atoms with Crippen molar-refractivity contribution >= 4 is 5.91 Å². The van der Waals surface area contributed by atoms with Crippen molar-refractivity contribution in [2.45, 2.75) is 13.8 Å². The summed E-state index contributed by atoms with van der Waals surface area (Å²) in [4.78, 5) is 14.7. The van der Waals surface area contributed by atoms with Crippen molar-refractivity contribution in [3.05, 3.63) is 41.2 Å².